The molecule has 0 radical (unpaired) electrons. The third kappa shape index (κ3) is 8.72. The van der Waals surface area contributed by atoms with Crippen LogP contribution in [0.1, 0.15) is 29.3 Å². The molecule has 214 valence electrons. The summed E-state index contributed by atoms with van der Waals surface area (Å²) in [5, 5.41) is 8.66. The molecule has 0 aliphatic carbocycles. The van der Waals surface area contributed by atoms with Crippen LogP contribution in [0.15, 0.2) is 112 Å². The zero-order valence-electron chi connectivity index (χ0n) is 22.4. The van der Waals surface area contributed by atoms with Crippen molar-refractivity contribution in [3.8, 4) is 0 Å². The van der Waals surface area contributed by atoms with Crippen LogP contribution in [0.25, 0.3) is 6.08 Å². The highest BCUT2D eigenvalue weighted by atomic mass is 79.9. The van der Waals surface area contributed by atoms with Gasteiger partial charge in [-0.25, -0.2) is 0 Å². The Balaban J connectivity index is 1.50. The quantitative estimate of drug-likeness (QED) is 0.115. The van der Waals surface area contributed by atoms with Crippen LogP contribution in [0.2, 0.25) is 10.0 Å². The van der Waals surface area contributed by atoms with Gasteiger partial charge in [-0.3, -0.25) is 14.4 Å². The Morgan fingerprint density at radius 2 is 1.60 bits per heavy atom. The summed E-state index contributed by atoms with van der Waals surface area (Å²) in [6.07, 6.45) is 2.16. The molecule has 1 unspecified atom stereocenters. The van der Waals surface area contributed by atoms with Crippen LogP contribution in [0, 0.1) is 0 Å². The van der Waals surface area contributed by atoms with Crippen molar-refractivity contribution in [2.45, 2.75) is 23.5 Å². The van der Waals surface area contributed by atoms with Gasteiger partial charge in [0.25, 0.3) is 11.8 Å². The van der Waals surface area contributed by atoms with Crippen LogP contribution in [0.5, 0.6) is 0 Å². The highest BCUT2D eigenvalue weighted by Crippen LogP contribution is 2.32. The topological polar surface area (TPSA) is 87.3 Å². The lowest BCUT2D eigenvalue weighted by atomic mass is 10.1. The summed E-state index contributed by atoms with van der Waals surface area (Å²) in [5.74, 6) is -1.12. The van der Waals surface area contributed by atoms with Crippen LogP contribution in [0.4, 0.5) is 11.4 Å². The molecule has 0 bridgehead atoms. The van der Waals surface area contributed by atoms with Crippen LogP contribution < -0.4 is 16.0 Å². The first-order valence-electron chi connectivity index (χ1n) is 12.9. The van der Waals surface area contributed by atoms with E-state index in [0.717, 1.165) is 14.9 Å². The Hall–Kier alpha value is -3.56. The number of anilines is 2. The minimum absolute atomic E-state index is 0.0773. The van der Waals surface area contributed by atoms with Gasteiger partial charge >= 0.3 is 0 Å². The summed E-state index contributed by atoms with van der Waals surface area (Å²) >= 11 is 17.1. The smallest absolute Gasteiger partial charge is 0.272 e. The van der Waals surface area contributed by atoms with Crippen molar-refractivity contribution in [2.75, 3.05) is 10.6 Å². The van der Waals surface area contributed by atoms with E-state index in [4.69, 9.17) is 23.2 Å². The predicted molar refractivity (Wildman–Crippen MR) is 176 cm³/mol. The molecule has 3 N–H and O–H groups in total. The summed E-state index contributed by atoms with van der Waals surface area (Å²) in [4.78, 5) is 40.1. The Morgan fingerprint density at radius 3 is 2.31 bits per heavy atom. The molecule has 0 aliphatic heterocycles. The summed E-state index contributed by atoms with van der Waals surface area (Å²) < 4.78 is 0.892. The molecule has 0 heterocycles. The number of hydrogen-bond acceptors (Lipinski definition) is 4. The number of nitrogens with one attached hydrogen (secondary N) is 3. The molecule has 0 aliphatic rings. The minimum Gasteiger partial charge on any atom is -0.324 e. The van der Waals surface area contributed by atoms with Gasteiger partial charge < -0.3 is 16.0 Å². The predicted octanol–water partition coefficient (Wildman–Crippen LogP) is 8.67. The first kappa shape index (κ1) is 31.4. The van der Waals surface area contributed by atoms with Crippen LogP contribution in [-0.2, 0) is 9.59 Å². The maximum absolute atomic E-state index is 13.4. The number of rotatable bonds is 10. The fourth-order valence-electron chi connectivity index (χ4n) is 3.81. The molecule has 0 saturated heterocycles. The molecule has 10 heteroatoms. The average Bonchev–Trinajstić information content (AvgIpc) is 2.99. The number of thioether (sulfide) groups is 1. The number of carbonyl (C=O) groups excluding carboxylic acids is 3. The van der Waals surface area contributed by atoms with Crippen molar-refractivity contribution in [1.29, 1.82) is 0 Å². The molecule has 3 amide bonds. The highest BCUT2D eigenvalue weighted by Gasteiger charge is 2.20. The second kappa shape index (κ2) is 15.1. The molecular formula is C32H26BrCl2N3O3S. The Bertz CT molecular complexity index is 1620. The third-order valence-electron chi connectivity index (χ3n) is 5.95. The first-order chi connectivity index (χ1) is 20.2. The monoisotopic (exact) mass is 681 g/mol. The van der Waals surface area contributed by atoms with E-state index in [2.05, 4.69) is 31.9 Å². The summed E-state index contributed by atoms with van der Waals surface area (Å²) in [6, 6.07) is 28.2. The lowest BCUT2D eigenvalue weighted by Crippen LogP contribution is -2.30. The second-order valence-electron chi connectivity index (χ2n) is 9.02. The lowest BCUT2D eigenvalue weighted by molar-refractivity contribution is -0.116. The van der Waals surface area contributed by atoms with Crippen LogP contribution in [-0.4, -0.2) is 23.0 Å². The highest BCUT2D eigenvalue weighted by molar-refractivity contribution is 9.10. The molecule has 4 aromatic carbocycles. The van der Waals surface area contributed by atoms with Crippen molar-refractivity contribution in [2.24, 2.45) is 0 Å². The van der Waals surface area contributed by atoms with E-state index >= 15 is 0 Å². The Labute approximate surface area is 267 Å². The fourth-order valence-corrected chi connectivity index (χ4v) is 5.44. The van der Waals surface area contributed by atoms with E-state index in [-0.39, 0.29) is 16.6 Å². The molecule has 4 rings (SSSR count). The van der Waals surface area contributed by atoms with Gasteiger partial charge in [-0.15, -0.1) is 11.8 Å². The molecule has 0 spiro atoms. The number of amides is 3. The standard InChI is InChI=1S/C32H26BrCl2N3O3S/c1-2-28(32(41)37-26-13-7-12-25(34)29(26)35)42-24-11-6-10-23(19-24)36-31(40)27(18-20-14-16-22(33)17-15-20)38-30(39)21-8-4-3-5-9-21/h3-19,28H,2H2,1H3,(H,36,40)(H,37,41)(H,38,39)/b27-18+. The molecular weight excluding hydrogens is 657 g/mol. The van der Waals surface area contributed by atoms with Crippen molar-refractivity contribution in [1.82, 2.24) is 5.32 Å². The average molecular weight is 683 g/mol. The number of benzene rings is 4. The zero-order chi connectivity index (χ0) is 30.1. The zero-order valence-corrected chi connectivity index (χ0v) is 26.3. The van der Waals surface area contributed by atoms with E-state index in [1.165, 1.54) is 11.8 Å². The van der Waals surface area contributed by atoms with Crippen LogP contribution in [0.3, 0.4) is 0 Å². The maximum atomic E-state index is 13.4. The first-order valence-corrected chi connectivity index (χ1v) is 15.3. The van der Waals surface area contributed by atoms with E-state index in [0.29, 0.717) is 28.4 Å². The van der Waals surface area contributed by atoms with Gasteiger partial charge in [0.1, 0.15) is 5.70 Å². The number of halogens is 3. The number of carbonyl (C=O) groups is 3. The Kier molecular flexibility index (Phi) is 11.3. The van der Waals surface area contributed by atoms with Gasteiger partial charge in [-0.2, -0.15) is 0 Å². The summed E-state index contributed by atoms with van der Waals surface area (Å²) in [7, 11) is 0. The van der Waals surface area contributed by atoms with E-state index in [9.17, 15) is 14.4 Å². The van der Waals surface area contributed by atoms with E-state index < -0.39 is 17.1 Å². The molecule has 6 nitrogen and oxygen atoms in total. The maximum Gasteiger partial charge on any atom is 0.272 e. The number of hydrogen-bond donors (Lipinski definition) is 3. The second-order valence-corrected chi connectivity index (χ2v) is 12.0. The van der Waals surface area contributed by atoms with Gasteiger partial charge in [0.05, 0.1) is 21.0 Å². The van der Waals surface area contributed by atoms with Gasteiger partial charge in [0.2, 0.25) is 5.91 Å². The third-order valence-corrected chi connectivity index (χ3v) is 8.66. The van der Waals surface area contributed by atoms with Crippen molar-refractivity contribution < 1.29 is 14.4 Å². The van der Waals surface area contributed by atoms with Gasteiger partial charge in [0, 0.05) is 20.6 Å². The van der Waals surface area contributed by atoms with Crippen molar-refractivity contribution in [3.63, 3.8) is 0 Å². The summed E-state index contributed by atoms with van der Waals surface area (Å²) in [5.41, 5.74) is 2.19. The fraction of sp³-hybridized carbons (Fsp3) is 0.0938. The van der Waals surface area contributed by atoms with E-state index in [1.807, 2.05) is 43.3 Å². The largest absolute Gasteiger partial charge is 0.324 e. The van der Waals surface area contributed by atoms with Crippen LogP contribution >= 0.6 is 50.9 Å². The molecule has 4 aromatic rings. The lowest BCUT2D eigenvalue weighted by Gasteiger charge is -2.16. The minimum atomic E-state index is -0.496. The van der Waals surface area contributed by atoms with Gasteiger partial charge in [0.15, 0.2) is 0 Å². The van der Waals surface area contributed by atoms with Crippen molar-refractivity contribution in [3.05, 3.63) is 128 Å². The van der Waals surface area contributed by atoms with E-state index in [1.54, 1.807) is 66.7 Å². The molecule has 0 aromatic heterocycles. The normalized spacial score (nSPS) is 11.9. The van der Waals surface area contributed by atoms with Crippen molar-refractivity contribution >= 4 is 86.1 Å². The molecule has 0 saturated carbocycles. The SMILES string of the molecule is CCC(Sc1cccc(NC(=O)/C(=C\c2ccc(Br)cc2)NC(=O)c2ccccc2)c1)C(=O)Nc1cccc(Cl)c1Cl. The van der Waals surface area contributed by atoms with Gasteiger partial charge in [-0.05, 0) is 72.7 Å². The molecule has 42 heavy (non-hydrogen) atoms. The Morgan fingerprint density at radius 1 is 0.881 bits per heavy atom. The molecule has 1 atom stereocenters. The van der Waals surface area contributed by atoms with Gasteiger partial charge in [-0.1, -0.05) is 88.5 Å². The molecule has 0 fully saturated rings. The summed E-state index contributed by atoms with van der Waals surface area (Å²) in [6.45, 7) is 1.91.